The summed E-state index contributed by atoms with van der Waals surface area (Å²) in [5.41, 5.74) is 4.65. The smallest absolute Gasteiger partial charge is 0.407 e. The van der Waals surface area contributed by atoms with Gasteiger partial charge in [-0.1, -0.05) is 52.3 Å². The third-order valence-corrected chi connectivity index (χ3v) is 9.87. The van der Waals surface area contributed by atoms with Crippen molar-refractivity contribution in [3.63, 3.8) is 0 Å². The van der Waals surface area contributed by atoms with Crippen LogP contribution in [0.4, 0.5) is 4.79 Å². The molecule has 2 atom stereocenters. The molecule has 0 spiro atoms. The Morgan fingerprint density at radius 1 is 1.17 bits per heavy atom. The number of fused-ring (bicyclic) bond motifs is 1. The Bertz CT molecular complexity index is 1980. The number of furan rings is 1. The van der Waals surface area contributed by atoms with Crippen LogP contribution in [0.1, 0.15) is 77.7 Å². The van der Waals surface area contributed by atoms with Crippen molar-refractivity contribution in [2.24, 2.45) is 16.8 Å². The Labute approximate surface area is 322 Å². The number of aliphatic imine (C=N–C) groups is 1. The molecule has 1 aliphatic rings. The lowest BCUT2D eigenvalue weighted by molar-refractivity contribution is -0.134. The van der Waals surface area contributed by atoms with Gasteiger partial charge in [0.2, 0.25) is 11.8 Å². The maximum absolute atomic E-state index is 13.3. The molecule has 1 aliphatic heterocycles. The first-order valence-electron chi connectivity index (χ1n) is 18.7. The predicted octanol–water partition coefficient (Wildman–Crippen LogP) is 8.06. The molecule has 3 amide bonds. The predicted molar refractivity (Wildman–Crippen MR) is 214 cm³/mol. The fourth-order valence-corrected chi connectivity index (χ4v) is 7.05. The maximum Gasteiger partial charge on any atom is 0.407 e. The van der Waals surface area contributed by atoms with Crippen LogP contribution in [0.15, 0.2) is 64.3 Å². The van der Waals surface area contributed by atoms with Gasteiger partial charge in [0.15, 0.2) is 0 Å². The number of carbonyl (C=O) groups is 3. The largest absolute Gasteiger partial charge is 0.456 e. The molecule has 288 valence electrons. The van der Waals surface area contributed by atoms with E-state index < -0.39 is 12.1 Å². The highest BCUT2D eigenvalue weighted by atomic mass is 35.5. The molecule has 1 fully saturated rings. The van der Waals surface area contributed by atoms with Crippen molar-refractivity contribution < 1.29 is 23.5 Å². The number of benzene rings is 2. The Hall–Kier alpha value is -5.10. The summed E-state index contributed by atoms with van der Waals surface area (Å²) in [5.74, 6) is 1.67. The lowest BCUT2D eigenvalue weighted by Gasteiger charge is -2.29. The molecule has 0 saturated carbocycles. The van der Waals surface area contributed by atoms with Crippen LogP contribution in [0, 0.1) is 11.8 Å². The van der Waals surface area contributed by atoms with E-state index >= 15 is 0 Å². The van der Waals surface area contributed by atoms with Crippen molar-refractivity contribution in [1.82, 2.24) is 30.4 Å². The van der Waals surface area contributed by atoms with Crippen molar-refractivity contribution in [2.75, 3.05) is 33.3 Å². The number of amides is 3. The maximum atomic E-state index is 13.3. The molecular weight excluding hydrogens is 706 g/mol. The van der Waals surface area contributed by atoms with Crippen LogP contribution in [-0.2, 0) is 14.3 Å². The van der Waals surface area contributed by atoms with E-state index in [1.54, 1.807) is 11.1 Å². The van der Waals surface area contributed by atoms with Gasteiger partial charge < -0.3 is 34.6 Å². The van der Waals surface area contributed by atoms with Gasteiger partial charge in [-0.05, 0) is 74.2 Å². The number of aromatic nitrogens is 2. The first-order chi connectivity index (χ1) is 25.9. The Morgan fingerprint density at radius 3 is 2.65 bits per heavy atom. The van der Waals surface area contributed by atoms with Gasteiger partial charge in [0.25, 0.3) is 0 Å². The van der Waals surface area contributed by atoms with Crippen molar-refractivity contribution in [3.8, 4) is 22.6 Å². The van der Waals surface area contributed by atoms with Crippen LogP contribution >= 0.6 is 11.6 Å². The Kier molecular flexibility index (Phi) is 13.6. The van der Waals surface area contributed by atoms with E-state index in [0.717, 1.165) is 65.0 Å². The van der Waals surface area contributed by atoms with Crippen LogP contribution in [-0.4, -0.2) is 83.7 Å². The third kappa shape index (κ3) is 9.52. The average molecular weight is 758 g/mol. The number of likely N-dealkylation sites (tertiary alicyclic amines) is 1. The summed E-state index contributed by atoms with van der Waals surface area (Å²) < 4.78 is 11.0. The number of aromatic amines is 1. The SMILES string of the molecule is C=N/C(=C\NCCN(CCC)C(=O)[C@@H](NC(=O)OC)C(C)C)c1ccc(-c2cc3cc(-c4cnc([C@@H]5CCCN5C(=O)CC(C)C)[nH]4)ccc3o2)c(Cl)c1. The highest BCUT2D eigenvalue weighted by Gasteiger charge is 2.32. The van der Waals surface area contributed by atoms with Gasteiger partial charge in [-0.25, -0.2) is 9.78 Å². The topological polar surface area (TPSA) is 145 Å². The number of methoxy groups -OCH3 is 1. The van der Waals surface area contributed by atoms with E-state index in [2.05, 4.69) is 52.2 Å². The number of carbonyl (C=O) groups excluding carboxylic acids is 3. The molecule has 4 aromatic rings. The number of alkyl carbamates (subject to hydrolysis) is 1. The molecule has 0 unspecified atom stereocenters. The first-order valence-corrected chi connectivity index (χ1v) is 19.0. The molecule has 54 heavy (non-hydrogen) atoms. The van der Waals surface area contributed by atoms with Gasteiger partial charge in [0.1, 0.15) is 23.2 Å². The van der Waals surface area contributed by atoms with Crippen molar-refractivity contribution in [2.45, 2.75) is 72.4 Å². The summed E-state index contributed by atoms with van der Waals surface area (Å²) >= 11 is 6.83. The zero-order chi connectivity index (χ0) is 38.9. The molecule has 3 N–H and O–H groups in total. The minimum atomic E-state index is -0.690. The van der Waals surface area contributed by atoms with E-state index in [4.69, 9.17) is 20.8 Å². The zero-order valence-electron chi connectivity index (χ0n) is 32.1. The normalized spacial score (nSPS) is 15.2. The molecule has 3 heterocycles. The Balaban J connectivity index is 1.25. The van der Waals surface area contributed by atoms with Gasteiger partial charge in [-0.15, -0.1) is 0 Å². The summed E-state index contributed by atoms with van der Waals surface area (Å²) in [6.45, 7) is 15.8. The quantitative estimate of drug-likeness (QED) is 0.0775. The second-order valence-corrected chi connectivity index (χ2v) is 14.8. The molecule has 0 aliphatic carbocycles. The molecule has 5 rings (SSSR count). The molecule has 0 bridgehead atoms. The molecule has 12 nitrogen and oxygen atoms in total. The second-order valence-electron chi connectivity index (χ2n) is 14.4. The highest BCUT2D eigenvalue weighted by Crippen LogP contribution is 2.37. The number of nitrogens with one attached hydrogen (secondary N) is 3. The minimum absolute atomic E-state index is 0.0329. The summed E-state index contributed by atoms with van der Waals surface area (Å²) in [6.07, 6.45) is 6.12. The van der Waals surface area contributed by atoms with E-state index in [1.807, 2.05) is 68.3 Å². The first kappa shape index (κ1) is 40.1. The van der Waals surface area contributed by atoms with Crippen LogP contribution in [0.25, 0.3) is 39.2 Å². The van der Waals surface area contributed by atoms with Crippen LogP contribution in [0.5, 0.6) is 0 Å². The standard InChI is InChI=1S/C41H52ClN7O5/c1-8-16-48(40(51)38(26(4)5)47-41(52)53-7)18-15-44-23-32(43-6)28-11-13-30(31(42)21-28)36-22-29-20-27(12-14-35(29)54-36)33-24-45-39(46-33)34-10-9-17-49(34)37(50)19-25(2)3/h11-14,20-26,34,38,44H,6,8-10,15-19H2,1-5,7H3,(H,45,46)(H,47,52)/b32-23-/t34-,38-/m0/s1. The molecule has 0 radical (unpaired) electrons. The summed E-state index contributed by atoms with van der Waals surface area (Å²) in [6, 6.07) is 12.9. The fourth-order valence-electron chi connectivity index (χ4n) is 6.77. The second kappa shape index (κ2) is 18.3. The zero-order valence-corrected chi connectivity index (χ0v) is 32.8. The lowest BCUT2D eigenvalue weighted by atomic mass is 10.0. The van der Waals surface area contributed by atoms with Gasteiger partial charge >= 0.3 is 6.09 Å². The van der Waals surface area contributed by atoms with Crippen LogP contribution in [0.3, 0.4) is 0 Å². The fraction of sp³-hybridized carbons (Fsp3) is 0.439. The number of hydrogen-bond acceptors (Lipinski definition) is 8. The van der Waals surface area contributed by atoms with Crippen molar-refractivity contribution >= 4 is 52.9 Å². The van der Waals surface area contributed by atoms with Gasteiger partial charge in [0, 0.05) is 60.9 Å². The summed E-state index contributed by atoms with van der Waals surface area (Å²) in [7, 11) is 1.28. The summed E-state index contributed by atoms with van der Waals surface area (Å²) in [4.78, 5) is 54.1. The average Bonchev–Trinajstić information content (AvgIpc) is 3.92. The van der Waals surface area contributed by atoms with E-state index in [9.17, 15) is 14.4 Å². The highest BCUT2D eigenvalue weighted by molar-refractivity contribution is 6.33. The number of rotatable bonds is 16. The third-order valence-electron chi connectivity index (χ3n) is 9.56. The number of halogens is 1. The Morgan fingerprint density at radius 2 is 1.96 bits per heavy atom. The number of imidazole rings is 1. The minimum Gasteiger partial charge on any atom is -0.456 e. The van der Waals surface area contributed by atoms with Crippen molar-refractivity contribution in [3.05, 3.63) is 71.3 Å². The van der Waals surface area contributed by atoms with Crippen LogP contribution < -0.4 is 10.6 Å². The lowest BCUT2D eigenvalue weighted by Crippen LogP contribution is -2.52. The molecule has 2 aromatic carbocycles. The van der Waals surface area contributed by atoms with E-state index in [-0.39, 0.29) is 23.8 Å². The molecule has 2 aromatic heterocycles. The summed E-state index contributed by atoms with van der Waals surface area (Å²) in [5, 5.41) is 7.31. The van der Waals surface area contributed by atoms with Crippen LogP contribution in [0.2, 0.25) is 5.02 Å². The molecule has 13 heteroatoms. The molecule has 1 saturated heterocycles. The van der Waals surface area contributed by atoms with Gasteiger partial charge in [0.05, 0.1) is 35.8 Å². The van der Waals surface area contributed by atoms with Gasteiger partial charge in [-0.3, -0.25) is 14.6 Å². The van der Waals surface area contributed by atoms with Gasteiger partial charge in [-0.2, -0.15) is 0 Å². The van der Waals surface area contributed by atoms with E-state index in [0.29, 0.717) is 48.5 Å². The van der Waals surface area contributed by atoms with Crippen molar-refractivity contribution in [1.29, 1.82) is 0 Å². The number of ether oxygens (including phenoxy) is 1. The molecular formula is C41H52ClN7O5. The van der Waals surface area contributed by atoms with E-state index in [1.165, 1.54) is 7.11 Å². The number of nitrogens with zero attached hydrogens (tertiary/aromatic N) is 4. The number of H-pyrrole nitrogens is 1. The monoisotopic (exact) mass is 757 g/mol. The number of hydrogen-bond donors (Lipinski definition) is 3.